The van der Waals surface area contributed by atoms with Gasteiger partial charge >= 0.3 is 16.2 Å². The Bertz CT molecular complexity index is 1570. The number of para-hydroxylation sites is 1. The topological polar surface area (TPSA) is 112 Å². The molecule has 0 bridgehead atoms. The zero-order valence-electron chi connectivity index (χ0n) is 20.7. The first-order chi connectivity index (χ1) is 18.2. The number of nitrogens with zero attached hydrogens (tertiary/aromatic N) is 3. The summed E-state index contributed by atoms with van der Waals surface area (Å²) >= 11 is 6.12. The normalized spacial score (nSPS) is 12.0. The van der Waals surface area contributed by atoms with Gasteiger partial charge in [0, 0.05) is 37.8 Å². The molecule has 1 atom stereocenters. The second kappa shape index (κ2) is 11.5. The number of pyridine rings is 1. The lowest BCUT2D eigenvalue weighted by Gasteiger charge is -2.26. The van der Waals surface area contributed by atoms with Gasteiger partial charge in [-0.25, -0.2) is 9.52 Å². The summed E-state index contributed by atoms with van der Waals surface area (Å²) in [6.07, 6.45) is 1.83. The van der Waals surface area contributed by atoms with Gasteiger partial charge in [0.15, 0.2) is 0 Å². The minimum Gasteiger partial charge on any atom is -0.325 e. The van der Waals surface area contributed by atoms with Crippen molar-refractivity contribution in [2.75, 3.05) is 23.3 Å². The van der Waals surface area contributed by atoms with Crippen LogP contribution in [0.3, 0.4) is 0 Å². The average Bonchev–Trinajstić information content (AvgIpc) is 2.91. The Morgan fingerprint density at radius 2 is 1.66 bits per heavy atom. The number of likely N-dealkylation sites (N-methyl/N-ethyl adjacent to an activating group) is 1. The van der Waals surface area contributed by atoms with Crippen LogP contribution in [0.4, 0.5) is 16.2 Å². The van der Waals surface area contributed by atoms with Gasteiger partial charge in [0.25, 0.3) is 0 Å². The van der Waals surface area contributed by atoms with Gasteiger partial charge in [-0.05, 0) is 42.0 Å². The number of benzene rings is 3. The van der Waals surface area contributed by atoms with E-state index < -0.39 is 28.2 Å². The number of anilines is 2. The second-order valence-electron chi connectivity index (χ2n) is 8.52. The van der Waals surface area contributed by atoms with E-state index in [0.717, 1.165) is 20.8 Å². The van der Waals surface area contributed by atoms with Crippen molar-refractivity contribution < 1.29 is 18.0 Å². The highest BCUT2D eigenvalue weighted by Gasteiger charge is 2.29. The van der Waals surface area contributed by atoms with Gasteiger partial charge in [0.05, 0.1) is 16.2 Å². The first-order valence-corrected chi connectivity index (χ1v) is 13.5. The molecule has 0 aliphatic carbocycles. The molecule has 0 saturated carbocycles. The number of hydrogen-bond donors (Lipinski definition) is 2. The minimum absolute atomic E-state index is 0.146. The Balaban J connectivity index is 1.55. The van der Waals surface area contributed by atoms with E-state index in [1.165, 1.54) is 24.1 Å². The van der Waals surface area contributed by atoms with E-state index in [9.17, 15) is 18.0 Å². The molecule has 0 spiro atoms. The summed E-state index contributed by atoms with van der Waals surface area (Å²) in [5.74, 6) is -0.427. The number of hydrogen-bond acceptors (Lipinski definition) is 5. The van der Waals surface area contributed by atoms with Crippen molar-refractivity contribution in [3.05, 3.63) is 102 Å². The number of fused-ring (bicyclic) bond motifs is 1. The smallest absolute Gasteiger partial charge is 0.325 e. The third kappa shape index (κ3) is 6.21. The van der Waals surface area contributed by atoms with E-state index in [4.69, 9.17) is 11.6 Å². The van der Waals surface area contributed by atoms with Crippen LogP contribution in [0.15, 0.2) is 91.1 Å². The summed E-state index contributed by atoms with van der Waals surface area (Å²) in [5, 5.41) is 3.59. The van der Waals surface area contributed by atoms with Crippen LogP contribution >= 0.6 is 11.6 Å². The molecule has 0 aliphatic rings. The fraction of sp³-hybridized carbons (Fsp3) is 0.148. The summed E-state index contributed by atoms with van der Waals surface area (Å²) in [4.78, 5) is 32.2. The summed E-state index contributed by atoms with van der Waals surface area (Å²) in [6, 6.07) is 22.4. The van der Waals surface area contributed by atoms with Crippen LogP contribution in [-0.4, -0.2) is 45.5 Å². The van der Waals surface area contributed by atoms with Crippen LogP contribution in [0.25, 0.3) is 10.9 Å². The van der Waals surface area contributed by atoms with Gasteiger partial charge < -0.3 is 10.2 Å². The molecule has 1 heterocycles. The van der Waals surface area contributed by atoms with Crippen LogP contribution in [0.2, 0.25) is 5.02 Å². The lowest BCUT2D eigenvalue weighted by molar-refractivity contribution is -0.120. The summed E-state index contributed by atoms with van der Waals surface area (Å²) in [6.45, 7) is 0. The Morgan fingerprint density at radius 1 is 0.947 bits per heavy atom. The molecule has 0 saturated heterocycles. The number of aromatic nitrogens is 1. The van der Waals surface area contributed by atoms with Crippen LogP contribution in [0, 0.1) is 0 Å². The quantitative estimate of drug-likeness (QED) is 0.342. The summed E-state index contributed by atoms with van der Waals surface area (Å²) < 4.78 is 28.6. The third-order valence-corrected chi connectivity index (χ3v) is 7.65. The predicted octanol–water partition coefficient (Wildman–Crippen LogP) is 4.14. The van der Waals surface area contributed by atoms with Crippen molar-refractivity contribution in [2.45, 2.75) is 12.5 Å². The zero-order chi connectivity index (χ0) is 27.3. The van der Waals surface area contributed by atoms with Gasteiger partial charge in [0.2, 0.25) is 5.91 Å². The molecule has 196 valence electrons. The SMILES string of the molecule is CN(C(=O)[C@H](Cc1ccccc1)NC(=O)NS(=O)(=O)N(C)c1ccccc1Cl)c1ccc2ncccc2c1. The van der Waals surface area contributed by atoms with Gasteiger partial charge in [-0.3, -0.25) is 14.1 Å². The van der Waals surface area contributed by atoms with Gasteiger partial charge in [-0.15, -0.1) is 0 Å². The number of carbonyl (C=O) groups is 2. The highest BCUT2D eigenvalue weighted by molar-refractivity contribution is 7.91. The van der Waals surface area contributed by atoms with Crippen molar-refractivity contribution in [1.82, 2.24) is 15.0 Å². The molecular weight excluding hydrogens is 526 g/mol. The fourth-order valence-electron chi connectivity index (χ4n) is 3.89. The number of rotatable bonds is 8. The second-order valence-corrected chi connectivity index (χ2v) is 10.6. The van der Waals surface area contributed by atoms with Crippen molar-refractivity contribution >= 4 is 56.0 Å². The molecule has 38 heavy (non-hydrogen) atoms. The van der Waals surface area contributed by atoms with E-state index in [0.29, 0.717) is 5.69 Å². The minimum atomic E-state index is -4.32. The van der Waals surface area contributed by atoms with Crippen molar-refractivity contribution in [3.63, 3.8) is 0 Å². The zero-order valence-corrected chi connectivity index (χ0v) is 22.3. The number of carbonyl (C=O) groups excluding carboxylic acids is 2. The molecule has 1 aromatic heterocycles. The third-order valence-electron chi connectivity index (χ3n) is 5.96. The molecule has 3 amide bonds. The fourth-order valence-corrected chi connectivity index (χ4v) is 5.05. The molecule has 11 heteroatoms. The molecular formula is C27H26ClN5O4S. The Morgan fingerprint density at radius 3 is 2.39 bits per heavy atom. The number of nitrogens with one attached hydrogen (secondary N) is 2. The molecule has 0 fully saturated rings. The Hall–Kier alpha value is -4.15. The van der Waals surface area contributed by atoms with E-state index in [1.54, 1.807) is 43.6 Å². The van der Waals surface area contributed by atoms with Crippen molar-refractivity contribution in [2.24, 2.45) is 0 Å². The van der Waals surface area contributed by atoms with Gasteiger partial charge in [0.1, 0.15) is 6.04 Å². The highest BCUT2D eigenvalue weighted by Crippen LogP contribution is 2.25. The molecule has 0 unspecified atom stereocenters. The number of urea groups is 1. The molecule has 0 radical (unpaired) electrons. The first kappa shape index (κ1) is 26.9. The number of amides is 3. The van der Waals surface area contributed by atoms with Crippen LogP contribution < -0.4 is 19.2 Å². The Kier molecular flexibility index (Phi) is 8.13. The lowest BCUT2D eigenvalue weighted by atomic mass is 10.0. The van der Waals surface area contributed by atoms with E-state index in [1.807, 2.05) is 47.2 Å². The summed E-state index contributed by atoms with van der Waals surface area (Å²) in [7, 11) is -1.45. The van der Waals surface area contributed by atoms with Crippen molar-refractivity contribution in [1.29, 1.82) is 0 Å². The molecule has 0 aliphatic heterocycles. The lowest BCUT2D eigenvalue weighted by Crippen LogP contribution is -2.54. The largest absolute Gasteiger partial charge is 0.330 e. The van der Waals surface area contributed by atoms with Gasteiger partial charge in [-0.1, -0.05) is 60.1 Å². The van der Waals surface area contributed by atoms with E-state index in [2.05, 4.69) is 10.3 Å². The summed E-state index contributed by atoms with van der Waals surface area (Å²) in [5.41, 5.74) is 2.36. The van der Waals surface area contributed by atoms with Crippen LogP contribution in [-0.2, 0) is 21.4 Å². The first-order valence-electron chi connectivity index (χ1n) is 11.6. The highest BCUT2D eigenvalue weighted by atomic mass is 35.5. The number of halogens is 1. The molecule has 4 aromatic rings. The Labute approximate surface area is 226 Å². The van der Waals surface area contributed by atoms with Gasteiger partial charge in [-0.2, -0.15) is 8.42 Å². The molecule has 2 N–H and O–H groups in total. The maximum Gasteiger partial charge on any atom is 0.330 e. The van der Waals surface area contributed by atoms with E-state index >= 15 is 0 Å². The van der Waals surface area contributed by atoms with Crippen LogP contribution in [0.5, 0.6) is 0 Å². The van der Waals surface area contributed by atoms with Crippen LogP contribution in [0.1, 0.15) is 5.56 Å². The van der Waals surface area contributed by atoms with E-state index in [-0.39, 0.29) is 17.1 Å². The standard InChI is InChI=1S/C27H26ClN5O4S/c1-32(21-14-15-23-20(18-21)11-8-16-29-23)26(34)24(17-19-9-4-3-5-10-19)30-27(35)31-38(36,37)33(2)25-13-7-6-12-22(25)28/h3-16,18,24H,17H2,1-2H3,(H2,30,31,35)/t24-/m0/s1. The maximum absolute atomic E-state index is 13.6. The maximum atomic E-state index is 13.6. The van der Waals surface area contributed by atoms with Crippen molar-refractivity contribution in [3.8, 4) is 0 Å². The molecule has 3 aromatic carbocycles. The average molecular weight is 552 g/mol. The monoisotopic (exact) mass is 551 g/mol. The molecule has 4 rings (SSSR count). The molecule has 9 nitrogen and oxygen atoms in total. The predicted molar refractivity (Wildman–Crippen MR) is 150 cm³/mol.